The molecule has 0 spiro atoms. The second-order valence-corrected chi connectivity index (χ2v) is 2.98. The highest BCUT2D eigenvalue weighted by Crippen LogP contribution is 2.13. The van der Waals surface area contributed by atoms with E-state index in [1.165, 1.54) is 6.92 Å². The Morgan fingerprint density at radius 1 is 1.38 bits per heavy atom. The Balaban J connectivity index is 2.75. The van der Waals surface area contributed by atoms with Crippen LogP contribution >= 0.6 is 15.9 Å². The average molecular weight is 241 g/mol. The number of esters is 1. The van der Waals surface area contributed by atoms with E-state index in [1.807, 2.05) is 18.2 Å². The van der Waals surface area contributed by atoms with Crippen molar-refractivity contribution in [1.29, 1.82) is 0 Å². The third kappa shape index (κ3) is 3.42. The summed E-state index contributed by atoms with van der Waals surface area (Å²) in [5.74, 6) is 0.267. The van der Waals surface area contributed by atoms with Crippen molar-refractivity contribution in [3.05, 3.63) is 34.8 Å². The highest BCUT2D eigenvalue weighted by atomic mass is 79.9. The fraction of sp³-hybridized carbons (Fsp3) is 0.100. The van der Waals surface area contributed by atoms with Crippen LogP contribution in [0.4, 0.5) is 0 Å². The van der Waals surface area contributed by atoms with E-state index >= 15 is 0 Å². The van der Waals surface area contributed by atoms with Crippen molar-refractivity contribution >= 4 is 28.0 Å². The highest BCUT2D eigenvalue weighted by Gasteiger charge is 1.95. The molecule has 0 aliphatic rings. The van der Waals surface area contributed by atoms with Gasteiger partial charge in [0.25, 0.3) is 0 Å². The van der Waals surface area contributed by atoms with Gasteiger partial charge in [-0.1, -0.05) is 28.1 Å². The number of rotatable bonds is 2. The number of halogens is 1. The van der Waals surface area contributed by atoms with E-state index in [0.29, 0.717) is 5.75 Å². The summed E-state index contributed by atoms with van der Waals surface area (Å²) in [5, 5.41) is 0. The third-order valence-electron chi connectivity index (χ3n) is 1.40. The summed E-state index contributed by atoms with van der Waals surface area (Å²) in [6.45, 7) is 1.38. The molecule has 0 aliphatic carbocycles. The van der Waals surface area contributed by atoms with Gasteiger partial charge in [-0.05, 0) is 28.8 Å². The van der Waals surface area contributed by atoms with E-state index in [2.05, 4.69) is 15.9 Å². The van der Waals surface area contributed by atoms with Crippen LogP contribution in [0.25, 0.3) is 6.08 Å². The number of benzene rings is 1. The van der Waals surface area contributed by atoms with Crippen molar-refractivity contribution in [3.8, 4) is 5.75 Å². The maximum atomic E-state index is 10.6. The molecule has 0 radical (unpaired) electrons. The van der Waals surface area contributed by atoms with E-state index in [1.54, 1.807) is 17.1 Å². The standard InChI is InChI=1S/C10H9BrO2/c1-8(12)13-10-4-2-9(3-5-10)6-7-11/h2-7H,1H3/b7-6-. The molecule has 0 unspecified atom stereocenters. The minimum Gasteiger partial charge on any atom is -0.427 e. The molecule has 0 atom stereocenters. The monoisotopic (exact) mass is 240 g/mol. The molecular weight excluding hydrogens is 232 g/mol. The average Bonchev–Trinajstić information content (AvgIpc) is 2.08. The molecule has 0 aliphatic heterocycles. The van der Waals surface area contributed by atoms with Crippen molar-refractivity contribution in [2.75, 3.05) is 0 Å². The van der Waals surface area contributed by atoms with E-state index in [9.17, 15) is 4.79 Å². The summed E-state index contributed by atoms with van der Waals surface area (Å²) in [5.41, 5.74) is 1.05. The largest absolute Gasteiger partial charge is 0.427 e. The summed E-state index contributed by atoms with van der Waals surface area (Å²) < 4.78 is 4.87. The smallest absolute Gasteiger partial charge is 0.308 e. The van der Waals surface area contributed by atoms with Gasteiger partial charge >= 0.3 is 5.97 Å². The predicted octanol–water partition coefficient (Wildman–Crippen LogP) is 2.98. The molecule has 68 valence electrons. The Bertz CT molecular complexity index is 314. The van der Waals surface area contributed by atoms with Gasteiger partial charge in [-0.3, -0.25) is 4.79 Å². The highest BCUT2D eigenvalue weighted by molar-refractivity contribution is 9.11. The first-order valence-electron chi connectivity index (χ1n) is 3.77. The second-order valence-electron chi connectivity index (χ2n) is 2.46. The molecule has 1 rings (SSSR count). The molecule has 1 aromatic rings. The van der Waals surface area contributed by atoms with E-state index < -0.39 is 0 Å². The molecule has 0 aromatic heterocycles. The van der Waals surface area contributed by atoms with E-state index in [0.717, 1.165) is 5.56 Å². The maximum Gasteiger partial charge on any atom is 0.308 e. The lowest BCUT2D eigenvalue weighted by atomic mass is 10.2. The topological polar surface area (TPSA) is 26.3 Å². The minimum atomic E-state index is -0.302. The lowest BCUT2D eigenvalue weighted by molar-refractivity contribution is -0.131. The van der Waals surface area contributed by atoms with Crippen molar-refractivity contribution in [1.82, 2.24) is 0 Å². The first-order valence-corrected chi connectivity index (χ1v) is 4.69. The molecule has 0 saturated carbocycles. The first-order chi connectivity index (χ1) is 6.22. The van der Waals surface area contributed by atoms with Crippen LogP contribution in [0.3, 0.4) is 0 Å². The number of carbonyl (C=O) groups excluding carboxylic acids is 1. The van der Waals surface area contributed by atoms with Crippen molar-refractivity contribution in [2.24, 2.45) is 0 Å². The van der Waals surface area contributed by atoms with Crippen molar-refractivity contribution in [3.63, 3.8) is 0 Å². The molecule has 3 heteroatoms. The maximum absolute atomic E-state index is 10.6. The van der Waals surface area contributed by atoms with Crippen LogP contribution in [0.1, 0.15) is 12.5 Å². The van der Waals surface area contributed by atoms with Gasteiger partial charge in [0.15, 0.2) is 0 Å². The third-order valence-corrected chi connectivity index (χ3v) is 1.66. The zero-order valence-corrected chi connectivity index (χ0v) is 8.74. The first kappa shape index (κ1) is 9.99. The van der Waals surface area contributed by atoms with Gasteiger partial charge in [0.05, 0.1) is 0 Å². The molecule has 0 heterocycles. The van der Waals surface area contributed by atoms with Crippen LogP contribution < -0.4 is 4.74 Å². The van der Waals surface area contributed by atoms with Crippen LogP contribution in [-0.2, 0) is 4.79 Å². The summed E-state index contributed by atoms with van der Waals surface area (Å²) >= 11 is 3.18. The molecule has 0 fully saturated rings. The normalized spacial score (nSPS) is 10.3. The summed E-state index contributed by atoms with van der Waals surface area (Å²) in [6, 6.07) is 7.25. The Morgan fingerprint density at radius 3 is 2.46 bits per heavy atom. The molecule has 0 bridgehead atoms. The van der Waals surface area contributed by atoms with E-state index in [-0.39, 0.29) is 5.97 Å². The molecule has 0 N–H and O–H groups in total. The summed E-state index contributed by atoms with van der Waals surface area (Å²) in [6.07, 6.45) is 1.90. The van der Waals surface area contributed by atoms with Crippen LogP contribution in [0, 0.1) is 0 Å². The van der Waals surface area contributed by atoms with Gasteiger partial charge in [-0.25, -0.2) is 0 Å². The molecule has 2 nitrogen and oxygen atoms in total. The van der Waals surface area contributed by atoms with Gasteiger partial charge in [-0.15, -0.1) is 0 Å². The SMILES string of the molecule is CC(=O)Oc1ccc(/C=C\Br)cc1. The molecular formula is C10H9BrO2. The lowest BCUT2D eigenvalue weighted by Gasteiger charge is -2.00. The molecule has 0 saturated heterocycles. The molecule has 13 heavy (non-hydrogen) atoms. The van der Waals surface area contributed by atoms with Gasteiger partial charge in [0.2, 0.25) is 0 Å². The lowest BCUT2D eigenvalue weighted by Crippen LogP contribution is -2.00. The number of hydrogen-bond donors (Lipinski definition) is 0. The summed E-state index contributed by atoms with van der Waals surface area (Å²) in [7, 11) is 0. The van der Waals surface area contributed by atoms with Gasteiger partial charge in [0.1, 0.15) is 5.75 Å². The molecule has 1 aromatic carbocycles. The van der Waals surface area contributed by atoms with Crippen LogP contribution in [0.5, 0.6) is 5.75 Å². The zero-order valence-electron chi connectivity index (χ0n) is 7.16. The Hall–Kier alpha value is -1.09. The zero-order chi connectivity index (χ0) is 9.68. The fourth-order valence-electron chi connectivity index (χ4n) is 0.886. The number of carbonyl (C=O) groups is 1. The van der Waals surface area contributed by atoms with Gasteiger partial charge in [0, 0.05) is 6.92 Å². The summed E-state index contributed by atoms with van der Waals surface area (Å²) in [4.78, 5) is 12.4. The fourth-order valence-corrected chi connectivity index (χ4v) is 1.19. The Labute approximate surface area is 85.3 Å². The van der Waals surface area contributed by atoms with Gasteiger partial charge in [-0.2, -0.15) is 0 Å². The van der Waals surface area contributed by atoms with Crippen molar-refractivity contribution < 1.29 is 9.53 Å². The Morgan fingerprint density at radius 2 is 2.00 bits per heavy atom. The van der Waals surface area contributed by atoms with Crippen LogP contribution in [-0.4, -0.2) is 5.97 Å². The molecule has 0 amide bonds. The number of ether oxygens (including phenoxy) is 1. The predicted molar refractivity (Wildman–Crippen MR) is 55.7 cm³/mol. The second kappa shape index (κ2) is 4.82. The van der Waals surface area contributed by atoms with Crippen molar-refractivity contribution in [2.45, 2.75) is 6.92 Å². The van der Waals surface area contributed by atoms with E-state index in [4.69, 9.17) is 4.74 Å². The Kier molecular flexibility index (Phi) is 3.71. The van der Waals surface area contributed by atoms with Gasteiger partial charge < -0.3 is 4.74 Å². The number of hydrogen-bond acceptors (Lipinski definition) is 2. The quantitative estimate of drug-likeness (QED) is 0.587. The van der Waals surface area contributed by atoms with Crippen LogP contribution in [0.2, 0.25) is 0 Å². The van der Waals surface area contributed by atoms with Crippen LogP contribution in [0.15, 0.2) is 29.3 Å². The minimum absolute atomic E-state index is 0.302.